The number of hydrogen-bond donors (Lipinski definition) is 4. The van der Waals surface area contributed by atoms with Crippen LogP contribution in [0, 0.1) is 13.3 Å². The predicted molar refractivity (Wildman–Crippen MR) is 479 cm³/mol. The third-order valence-electron chi connectivity index (χ3n) is 25.3. The summed E-state index contributed by atoms with van der Waals surface area (Å²) in [6.07, 6.45) is 27.1. The molecule has 1 unspecified atom stereocenters. The number of aromatic nitrogens is 6. The van der Waals surface area contributed by atoms with Gasteiger partial charge in [0.05, 0.1) is 104 Å². The maximum Gasteiger partial charge on any atom is 0.335 e. The summed E-state index contributed by atoms with van der Waals surface area (Å²) in [6, 6.07) is 28.0. The third kappa shape index (κ3) is 20.1. The Balaban J connectivity index is 0.000000155. The number of aromatic carboxylic acids is 1. The first-order chi connectivity index (χ1) is 59.5. The number of carboxylic acid groups (broad SMARTS) is 1. The summed E-state index contributed by atoms with van der Waals surface area (Å²) in [6.45, 7) is 7.70. The molecular weight excluding hydrogens is 1760 g/mol. The van der Waals surface area contributed by atoms with Crippen molar-refractivity contribution in [1.29, 1.82) is 0 Å². The molecule has 6 fully saturated rings. The van der Waals surface area contributed by atoms with Gasteiger partial charge in [0.25, 0.3) is 33.8 Å². The number of carboxylic acids is 1. The topological polar surface area (TPSA) is 376 Å². The van der Waals surface area contributed by atoms with Crippen LogP contribution in [0.1, 0.15) is 179 Å². The van der Waals surface area contributed by atoms with E-state index in [1.807, 2.05) is 75.4 Å². The van der Waals surface area contributed by atoms with Crippen LogP contribution in [-0.2, 0) is 106 Å². The summed E-state index contributed by atoms with van der Waals surface area (Å²) in [5.74, 6) is -1.53. The minimum Gasteiger partial charge on any atom is -0.478 e. The van der Waals surface area contributed by atoms with Crippen LogP contribution in [0.25, 0.3) is 79.0 Å². The van der Waals surface area contributed by atoms with Crippen molar-refractivity contribution in [2.45, 2.75) is 140 Å². The molecular formula is C91H112N15O16PdS3-. The number of morpholine rings is 3. The first-order valence-corrected chi connectivity index (χ1v) is 47.2. The molecule has 0 radical (unpaired) electrons. The van der Waals surface area contributed by atoms with Crippen molar-refractivity contribution in [3.05, 3.63) is 178 Å². The van der Waals surface area contributed by atoms with Crippen LogP contribution >= 0.6 is 0 Å². The number of rotatable bonds is 14. The number of amides is 5. The van der Waals surface area contributed by atoms with Crippen molar-refractivity contribution in [2.24, 2.45) is 11.1 Å². The Morgan fingerprint density at radius 2 is 0.794 bits per heavy atom. The number of ether oxygens (including phenoxy) is 3. The first-order valence-electron chi connectivity index (χ1n) is 42.8. The first kappa shape index (κ1) is 93.9. The van der Waals surface area contributed by atoms with Gasteiger partial charge >= 0.3 is 26.4 Å². The van der Waals surface area contributed by atoms with E-state index in [9.17, 15) is 59.1 Å². The van der Waals surface area contributed by atoms with Gasteiger partial charge in [-0.05, 0) is 152 Å². The van der Waals surface area contributed by atoms with Crippen molar-refractivity contribution >= 4 is 111 Å². The summed E-state index contributed by atoms with van der Waals surface area (Å²) in [7, 11) is -3.09. The molecule has 3 saturated heterocycles. The van der Waals surface area contributed by atoms with Crippen molar-refractivity contribution in [1.82, 2.24) is 65.7 Å². The van der Waals surface area contributed by atoms with Gasteiger partial charge < -0.3 is 55.1 Å². The van der Waals surface area contributed by atoms with Crippen LogP contribution in [0.3, 0.4) is 0 Å². The number of pyridine rings is 3. The maximum atomic E-state index is 13.9. The Labute approximate surface area is 750 Å². The molecule has 126 heavy (non-hydrogen) atoms. The second kappa shape index (κ2) is 40.3. The Kier molecular flexibility index (Phi) is 30.0. The molecule has 35 heteroatoms. The normalized spacial score (nSPS) is 18.2. The van der Waals surface area contributed by atoms with E-state index < -0.39 is 48.4 Å². The smallest absolute Gasteiger partial charge is 0.335 e. The summed E-state index contributed by atoms with van der Waals surface area (Å²) < 4.78 is 99.7. The zero-order valence-electron chi connectivity index (χ0n) is 72.3. The van der Waals surface area contributed by atoms with E-state index in [2.05, 4.69) is 34.4 Å². The van der Waals surface area contributed by atoms with Crippen LogP contribution in [0.15, 0.2) is 121 Å². The van der Waals surface area contributed by atoms with E-state index in [0.29, 0.717) is 134 Å². The summed E-state index contributed by atoms with van der Waals surface area (Å²) in [5, 5.41) is 17.4. The SMILES string of the molecule is CN(C)S(=O)(=O)NC(=O)c1ccc2c(C3CCCCC3)c3n(c2c1)CC(C(=O)N1CCOCC1)=Cc1cccnc1-3.CN(C)S(=O)(=O)NC(=O)c1ccc2c(C3CCCCC3)c3n(c2c1)CC(C(=O)N1CCOCC1)Cc1cccnc1-3.CN(C)S(N)(=O)=O.O=C(O)c1ccc2c(C3CCCCC3)c3n(c2c1)CC(C(=O)N1CCOCC1)=Cc1cccnc1-3.[CH3-].[Pd]. The average Bonchev–Trinajstić information content (AvgIpc) is 1.59. The Morgan fingerprint density at radius 3 is 1.17 bits per heavy atom. The Bertz CT molecular complexity index is 6010. The van der Waals surface area contributed by atoms with Gasteiger partial charge in [0.15, 0.2) is 0 Å². The number of fused-ring (bicyclic) bond motifs is 15. The fourth-order valence-corrected chi connectivity index (χ4v) is 19.9. The van der Waals surface area contributed by atoms with Crippen molar-refractivity contribution < 1.29 is 93.8 Å². The van der Waals surface area contributed by atoms with Gasteiger partial charge in [0.1, 0.15) is 0 Å². The quantitative estimate of drug-likeness (QED) is 0.0580. The zero-order valence-corrected chi connectivity index (χ0v) is 76.3. The molecule has 5 amide bonds. The van der Waals surface area contributed by atoms with E-state index in [1.165, 1.54) is 91.1 Å². The van der Waals surface area contributed by atoms with E-state index in [4.69, 9.17) is 29.2 Å². The molecule has 3 saturated carbocycles. The third-order valence-corrected chi connectivity index (χ3v) is 29.1. The molecule has 3 aromatic carbocycles. The van der Waals surface area contributed by atoms with Gasteiger partial charge in [0, 0.05) is 188 Å². The minimum atomic E-state index is -3.96. The standard InChI is InChI=1S/C30H37N5O5S.C30H35N5O5S.C28H29N3O4.C2H8N2O2S.CH3.Pd/c2*1-33(2)41(38,39)32-29(36)22-10-11-24-25(18-22)35-19-23(30(37)34-13-15-40-16-14-34)17-21-9-6-12-31-27(21)28(35)26(24)20-7-4-3-5-8-20;32-27(30-11-13-35-14-12-30)21-15-19-7-4-10-29-25(19)26-24(18-5-2-1-3-6-18)22-9-8-20(28(33)34)16-23(22)31(26)17-21;1-4(2)7(3,5)6;;/h6,9-12,18,20,23H,3-5,7-8,13-17,19H2,1-2H3,(H,32,36);6,9-12,17-18,20H,3-5,7-8,13-16,19H2,1-2H3,(H,32,36);4,7-10,15-16,18H,1-3,5-6,11-14,17H2,(H,33,34);1-2H3,(H2,3,5,6);1H3;/q;;;;-1;. The molecule has 9 aromatic rings. The van der Waals surface area contributed by atoms with E-state index in [1.54, 1.807) is 55.0 Å². The summed E-state index contributed by atoms with van der Waals surface area (Å²) in [5.41, 5.74) is 16.7. The Hall–Kier alpha value is -9.74. The van der Waals surface area contributed by atoms with Crippen LogP contribution in [0.2, 0.25) is 0 Å². The monoisotopic (exact) mass is 1870 g/mol. The molecule has 5 N–H and O–H groups in total. The predicted octanol–water partition coefficient (Wildman–Crippen LogP) is 10.8. The number of benzene rings is 3. The molecule has 0 bridgehead atoms. The van der Waals surface area contributed by atoms with Gasteiger partial charge in [0.2, 0.25) is 5.91 Å². The molecule has 12 heterocycles. The molecule has 6 aromatic heterocycles. The second-order valence-corrected chi connectivity index (χ2v) is 39.2. The molecule has 676 valence electrons. The number of nitrogens with two attached hydrogens (primary N) is 1. The largest absolute Gasteiger partial charge is 0.478 e. The van der Waals surface area contributed by atoms with Gasteiger partial charge in [-0.2, -0.15) is 38.2 Å². The fourth-order valence-electron chi connectivity index (χ4n) is 18.8. The van der Waals surface area contributed by atoms with Gasteiger partial charge in [-0.15, -0.1) is 0 Å². The number of hydrogen-bond acceptors (Lipinski definition) is 18. The van der Waals surface area contributed by atoms with Gasteiger partial charge in [-0.3, -0.25) is 38.9 Å². The number of nitrogens with zero attached hydrogens (tertiary/aromatic N) is 12. The number of nitrogens with one attached hydrogen (secondary N) is 2. The molecule has 31 nitrogen and oxygen atoms in total. The van der Waals surface area contributed by atoms with Crippen molar-refractivity contribution in [3.8, 4) is 34.2 Å². The molecule has 3 aliphatic carbocycles. The average molecular weight is 1870 g/mol. The number of carbonyl (C=O) groups is 6. The summed E-state index contributed by atoms with van der Waals surface area (Å²) >= 11 is 0. The molecule has 6 aliphatic heterocycles. The number of carbonyl (C=O) groups excluding carboxylic acids is 5. The van der Waals surface area contributed by atoms with Gasteiger partial charge in [-0.1, -0.05) is 94.2 Å². The Morgan fingerprint density at radius 1 is 0.452 bits per heavy atom. The molecule has 0 spiro atoms. The fraction of sp³-hybridized carbons (Fsp3) is 0.451. The van der Waals surface area contributed by atoms with Gasteiger partial charge in [-0.25, -0.2) is 19.4 Å². The van der Waals surface area contributed by atoms with E-state index in [-0.39, 0.29) is 68.2 Å². The molecule has 9 aliphatic rings. The van der Waals surface area contributed by atoms with Crippen LogP contribution in [0.5, 0.6) is 0 Å². The molecule has 18 rings (SSSR count). The van der Waals surface area contributed by atoms with Crippen LogP contribution < -0.4 is 14.6 Å². The maximum absolute atomic E-state index is 13.9. The van der Waals surface area contributed by atoms with Crippen molar-refractivity contribution in [2.75, 3.05) is 121 Å². The van der Waals surface area contributed by atoms with Crippen molar-refractivity contribution in [3.63, 3.8) is 0 Å². The van der Waals surface area contributed by atoms with E-state index >= 15 is 0 Å². The molecule has 1 atom stereocenters. The minimum absolute atomic E-state index is 0. The zero-order chi connectivity index (χ0) is 87.5. The summed E-state index contributed by atoms with van der Waals surface area (Å²) in [4.78, 5) is 99.5. The second-order valence-electron chi connectivity index (χ2n) is 33.7. The van der Waals surface area contributed by atoms with Crippen LogP contribution in [-0.4, -0.2) is 243 Å². The van der Waals surface area contributed by atoms with Crippen LogP contribution in [0.4, 0.5) is 0 Å². The van der Waals surface area contributed by atoms with E-state index in [0.717, 1.165) is 161 Å².